The minimum atomic E-state index is -1.02. The number of carboxylic acid groups (broad SMARTS) is 1. The first-order valence-corrected chi connectivity index (χ1v) is 7.43. The summed E-state index contributed by atoms with van der Waals surface area (Å²) < 4.78 is 0. The van der Waals surface area contributed by atoms with Crippen LogP contribution in [0.25, 0.3) is 0 Å². The van der Waals surface area contributed by atoms with Crippen LogP contribution in [0.1, 0.15) is 6.42 Å². The van der Waals surface area contributed by atoms with Crippen molar-refractivity contribution in [1.82, 2.24) is 5.32 Å². The molecule has 0 radical (unpaired) electrons. The van der Waals surface area contributed by atoms with Gasteiger partial charge in [0.15, 0.2) is 0 Å². The van der Waals surface area contributed by atoms with Gasteiger partial charge in [0.25, 0.3) is 0 Å². The number of hydrogen-bond acceptors (Lipinski definition) is 4. The summed E-state index contributed by atoms with van der Waals surface area (Å²) in [4.78, 5) is 10.3. The first-order valence-electron chi connectivity index (χ1n) is 3.28. The molecule has 3 nitrogen and oxygen atoms in total. The molecule has 0 unspecified atom stereocenters. The first kappa shape index (κ1) is 15.1. The molecular formula is C6H14BrNO2S2. The second-order valence-electron chi connectivity index (χ2n) is 1.94. The fourth-order valence-corrected chi connectivity index (χ4v) is 1.09. The van der Waals surface area contributed by atoms with Crippen molar-refractivity contribution in [3.05, 3.63) is 0 Å². The number of carboxylic acids is 1. The minimum absolute atomic E-state index is 0.493. The van der Waals surface area contributed by atoms with E-state index in [1.54, 1.807) is 18.8 Å². The van der Waals surface area contributed by atoms with Crippen molar-refractivity contribution in [1.29, 1.82) is 0 Å². The molecule has 12 heavy (non-hydrogen) atoms. The summed E-state index contributed by atoms with van der Waals surface area (Å²) in [5.74, 6) is -0.170. The summed E-state index contributed by atoms with van der Waals surface area (Å²) in [6.07, 6.45) is 2.57. The molecule has 0 aromatic heterocycles. The summed E-state index contributed by atoms with van der Waals surface area (Å²) in [7, 11) is 1.63. The normalized spacial score (nSPS) is 11.3. The number of nitrogens with one attached hydrogen (secondary N) is 1. The Morgan fingerprint density at radius 1 is 1.75 bits per heavy atom. The van der Waals surface area contributed by atoms with Crippen molar-refractivity contribution in [2.45, 2.75) is 12.5 Å². The van der Waals surface area contributed by atoms with Crippen LogP contribution in [0.3, 0.4) is 0 Å². The van der Waals surface area contributed by atoms with Crippen LogP contribution < -0.4 is 10.4 Å². The van der Waals surface area contributed by atoms with Gasteiger partial charge in [0.1, 0.15) is 0 Å². The van der Waals surface area contributed by atoms with Crippen LogP contribution in [0.4, 0.5) is 0 Å². The average molecular weight is 276 g/mol. The maximum absolute atomic E-state index is 10.3. The van der Waals surface area contributed by atoms with Gasteiger partial charge in [-0.2, -0.15) is 11.8 Å². The lowest BCUT2D eigenvalue weighted by atomic mass is 10.2. The van der Waals surface area contributed by atoms with Crippen molar-refractivity contribution in [2.75, 3.05) is 19.1 Å². The lowest BCUT2D eigenvalue weighted by Gasteiger charge is -2.15. The highest BCUT2D eigenvalue weighted by Gasteiger charge is 2.04. The lowest BCUT2D eigenvalue weighted by molar-refractivity contribution is -0.308. The average Bonchev–Trinajstić information content (AvgIpc) is 2.09. The van der Waals surface area contributed by atoms with Gasteiger partial charge in [-0.25, -0.2) is 0 Å². The van der Waals surface area contributed by atoms with Gasteiger partial charge in [-0.1, -0.05) is 0 Å². The SMILES string of the molecule is CN[C@@H](CCSC)C(=O)[O-].[SH2+]Br. The highest BCUT2D eigenvalue weighted by Crippen LogP contribution is 1.98. The van der Waals surface area contributed by atoms with Crippen molar-refractivity contribution in [3.8, 4) is 0 Å². The Labute approximate surface area is 90.3 Å². The fraction of sp³-hybridized carbons (Fsp3) is 0.833. The second kappa shape index (κ2) is 11.6. The Hall–Kier alpha value is 0.610. The zero-order valence-electron chi connectivity index (χ0n) is 7.09. The zero-order chi connectivity index (χ0) is 9.98. The fourth-order valence-electron chi connectivity index (χ4n) is 0.616. The van der Waals surface area contributed by atoms with E-state index in [2.05, 4.69) is 31.2 Å². The topological polar surface area (TPSA) is 52.2 Å². The second-order valence-corrected chi connectivity index (χ2v) is 2.93. The summed E-state index contributed by atoms with van der Waals surface area (Å²) in [5, 5.41) is 12.9. The Morgan fingerprint density at radius 3 is 2.50 bits per heavy atom. The molecule has 0 amide bonds. The van der Waals surface area contributed by atoms with E-state index in [0.29, 0.717) is 6.42 Å². The number of halogens is 1. The van der Waals surface area contributed by atoms with E-state index >= 15 is 0 Å². The molecule has 0 saturated heterocycles. The largest absolute Gasteiger partial charge is 0.548 e. The van der Waals surface area contributed by atoms with Crippen LogP contribution in [-0.2, 0) is 15.9 Å². The maximum Gasteiger partial charge on any atom is 0.227 e. The number of aliphatic carboxylic acids is 1. The molecule has 6 heteroatoms. The van der Waals surface area contributed by atoms with Gasteiger partial charge in [-0.15, -0.1) is 0 Å². The van der Waals surface area contributed by atoms with Gasteiger partial charge in [0.05, 0.1) is 5.97 Å². The van der Waals surface area contributed by atoms with Crippen LogP contribution >= 0.6 is 26.6 Å². The molecule has 1 atom stereocenters. The third kappa shape index (κ3) is 8.70. The maximum atomic E-state index is 10.3. The quantitative estimate of drug-likeness (QED) is 0.680. The van der Waals surface area contributed by atoms with Gasteiger partial charge in [0.2, 0.25) is 14.8 Å². The van der Waals surface area contributed by atoms with Gasteiger partial charge >= 0.3 is 0 Å². The molecule has 74 valence electrons. The van der Waals surface area contributed by atoms with E-state index in [1.165, 1.54) is 0 Å². The van der Waals surface area contributed by atoms with Gasteiger partial charge in [0, 0.05) is 17.1 Å². The molecule has 0 bridgehead atoms. The number of thioether (sulfide) groups is 1. The van der Waals surface area contributed by atoms with Gasteiger partial charge in [-0.3, -0.25) is 0 Å². The standard InChI is InChI=1S/C6H13NO2S.BrHS/c1-7-5(6(8)9)3-4-10-2;1-2/h5,7H,3-4H2,1-2H3,(H,8,9);2H/t5-;/m0./s1. The number of carbonyl (C=O) groups excluding carboxylic acids is 1. The Kier molecular flexibility index (Phi) is 14.6. The monoisotopic (exact) mass is 275 g/mol. The molecule has 0 aliphatic rings. The summed E-state index contributed by atoms with van der Waals surface area (Å²) in [5.41, 5.74) is 0. The smallest absolute Gasteiger partial charge is 0.227 e. The Bertz CT molecular complexity index is 116. The van der Waals surface area contributed by atoms with E-state index in [-0.39, 0.29) is 0 Å². The van der Waals surface area contributed by atoms with E-state index in [0.717, 1.165) is 5.75 Å². The first-order chi connectivity index (χ1) is 5.72. The van der Waals surface area contributed by atoms with Gasteiger partial charge < -0.3 is 15.2 Å². The Morgan fingerprint density at radius 2 is 2.25 bits per heavy atom. The third-order valence-corrected chi connectivity index (χ3v) is 1.89. The molecule has 0 saturated carbocycles. The van der Waals surface area contributed by atoms with E-state index in [9.17, 15) is 9.90 Å². The minimum Gasteiger partial charge on any atom is -0.548 e. The molecule has 0 heterocycles. The Balaban J connectivity index is 0. The summed E-state index contributed by atoms with van der Waals surface area (Å²) in [6, 6.07) is -0.493. The summed E-state index contributed by atoms with van der Waals surface area (Å²) in [6.45, 7) is 0. The highest BCUT2D eigenvalue weighted by atomic mass is 79.9. The molecular weight excluding hydrogens is 262 g/mol. The van der Waals surface area contributed by atoms with Crippen molar-refractivity contribution in [3.63, 3.8) is 0 Å². The van der Waals surface area contributed by atoms with Gasteiger partial charge in [-0.05, 0) is 25.5 Å². The molecule has 0 rings (SSSR count). The molecule has 0 aliphatic carbocycles. The number of rotatable bonds is 5. The number of carbonyl (C=O) groups is 1. The molecule has 0 aromatic rings. The number of hydrogen-bond donors (Lipinski definition) is 1. The zero-order valence-corrected chi connectivity index (χ0v) is 10.5. The predicted octanol–water partition coefficient (Wildman–Crippen LogP) is -0.615. The predicted molar refractivity (Wildman–Crippen MR) is 59.9 cm³/mol. The molecule has 1 N–H and O–H groups in total. The molecule has 0 aromatic carbocycles. The molecule has 0 spiro atoms. The highest BCUT2D eigenvalue weighted by molar-refractivity contribution is 9.41. The number of likely N-dealkylation sites (N-methyl/N-ethyl adjacent to an activating group) is 1. The van der Waals surface area contributed by atoms with Crippen molar-refractivity contribution < 1.29 is 9.90 Å². The van der Waals surface area contributed by atoms with E-state index < -0.39 is 12.0 Å². The molecule has 0 aliphatic heterocycles. The van der Waals surface area contributed by atoms with Crippen LogP contribution in [0, 0.1) is 0 Å². The van der Waals surface area contributed by atoms with Crippen LogP contribution in [0.2, 0.25) is 0 Å². The summed E-state index contributed by atoms with van der Waals surface area (Å²) >= 11 is 7.16. The van der Waals surface area contributed by atoms with E-state index in [1.807, 2.05) is 6.26 Å². The third-order valence-electron chi connectivity index (χ3n) is 1.24. The van der Waals surface area contributed by atoms with Crippen molar-refractivity contribution >= 4 is 43.6 Å². The van der Waals surface area contributed by atoms with Crippen molar-refractivity contribution in [2.24, 2.45) is 0 Å². The van der Waals surface area contributed by atoms with E-state index in [4.69, 9.17) is 0 Å². The van der Waals surface area contributed by atoms with Crippen LogP contribution in [0.5, 0.6) is 0 Å². The lowest BCUT2D eigenvalue weighted by Crippen LogP contribution is -2.44. The van der Waals surface area contributed by atoms with Crippen LogP contribution in [0.15, 0.2) is 0 Å². The van der Waals surface area contributed by atoms with Crippen LogP contribution in [-0.4, -0.2) is 31.1 Å². The molecule has 0 fully saturated rings.